The molecule has 4 rings (SSSR count). The van der Waals surface area contributed by atoms with Crippen molar-refractivity contribution in [2.45, 2.75) is 45.4 Å². The molecular weight excluding hydrogens is 376 g/mol. The van der Waals surface area contributed by atoms with E-state index in [0.717, 1.165) is 36.2 Å². The van der Waals surface area contributed by atoms with Gasteiger partial charge in [-0.1, -0.05) is 23.7 Å². The number of hydrogen-bond acceptors (Lipinski definition) is 4. The highest BCUT2D eigenvalue weighted by atomic mass is 35.5. The van der Waals surface area contributed by atoms with Crippen molar-refractivity contribution in [2.24, 2.45) is 5.92 Å². The van der Waals surface area contributed by atoms with Crippen LogP contribution < -0.4 is 0 Å². The van der Waals surface area contributed by atoms with E-state index in [2.05, 4.69) is 22.8 Å². The van der Waals surface area contributed by atoms with Gasteiger partial charge in [-0.05, 0) is 62.0 Å². The Labute approximate surface area is 171 Å². The minimum Gasteiger partial charge on any atom is -0.478 e. The molecule has 0 bridgehead atoms. The Morgan fingerprint density at radius 3 is 2.61 bits per heavy atom. The van der Waals surface area contributed by atoms with Crippen LogP contribution in [0.2, 0.25) is 5.02 Å². The van der Waals surface area contributed by atoms with Crippen molar-refractivity contribution in [2.75, 3.05) is 19.8 Å². The van der Waals surface area contributed by atoms with Crippen LogP contribution in [0.4, 0.5) is 0 Å². The number of carboxylic acids is 1. The zero-order chi connectivity index (χ0) is 19.8. The third-order valence-electron chi connectivity index (χ3n) is 5.88. The molecule has 1 aromatic rings. The summed E-state index contributed by atoms with van der Waals surface area (Å²) in [6.07, 6.45) is 4.27. The number of morpholine rings is 1. The van der Waals surface area contributed by atoms with Crippen LogP contribution in [0.1, 0.15) is 32.3 Å². The SMILES string of the molecule is CC1=CC(N2CCOC[C@H]2C)N(Cc2ccc(Cl)cc2)C(C2CC2)=C1C(=O)O. The summed E-state index contributed by atoms with van der Waals surface area (Å²) in [6.45, 7) is 7.02. The molecule has 3 aliphatic rings. The topological polar surface area (TPSA) is 53.0 Å². The van der Waals surface area contributed by atoms with Gasteiger partial charge in [-0.3, -0.25) is 4.90 Å². The number of rotatable bonds is 5. The lowest BCUT2D eigenvalue weighted by Crippen LogP contribution is -2.56. The molecule has 0 amide bonds. The van der Waals surface area contributed by atoms with Gasteiger partial charge in [-0.25, -0.2) is 4.79 Å². The number of benzene rings is 1. The van der Waals surface area contributed by atoms with Gasteiger partial charge in [0.05, 0.1) is 18.8 Å². The van der Waals surface area contributed by atoms with E-state index in [9.17, 15) is 9.90 Å². The van der Waals surface area contributed by atoms with Gasteiger partial charge in [0.2, 0.25) is 0 Å². The fourth-order valence-corrected chi connectivity index (χ4v) is 4.46. The van der Waals surface area contributed by atoms with Crippen molar-refractivity contribution in [3.8, 4) is 0 Å². The van der Waals surface area contributed by atoms with Gasteiger partial charge in [0, 0.05) is 29.9 Å². The molecule has 2 atom stereocenters. The smallest absolute Gasteiger partial charge is 0.337 e. The molecule has 2 fully saturated rings. The number of nitrogens with zero attached hydrogens (tertiary/aromatic N) is 2. The zero-order valence-electron chi connectivity index (χ0n) is 16.4. The second kappa shape index (κ2) is 7.90. The molecule has 5 nitrogen and oxygen atoms in total. The van der Waals surface area contributed by atoms with Crippen LogP contribution in [0.15, 0.2) is 47.2 Å². The lowest BCUT2D eigenvalue weighted by atomic mass is 9.94. The first-order valence-electron chi connectivity index (χ1n) is 9.96. The first-order valence-corrected chi connectivity index (χ1v) is 10.3. The summed E-state index contributed by atoms with van der Waals surface area (Å²) in [7, 11) is 0. The molecule has 1 N–H and O–H groups in total. The second-order valence-electron chi connectivity index (χ2n) is 8.02. The molecule has 1 saturated carbocycles. The van der Waals surface area contributed by atoms with Gasteiger partial charge in [-0.15, -0.1) is 0 Å². The van der Waals surface area contributed by atoms with Gasteiger partial charge in [0.15, 0.2) is 0 Å². The highest BCUT2D eigenvalue weighted by Gasteiger charge is 2.42. The molecule has 2 aliphatic heterocycles. The van der Waals surface area contributed by atoms with Gasteiger partial charge in [-0.2, -0.15) is 0 Å². The summed E-state index contributed by atoms with van der Waals surface area (Å²) in [5, 5.41) is 10.7. The molecule has 28 heavy (non-hydrogen) atoms. The summed E-state index contributed by atoms with van der Waals surface area (Å²) in [4.78, 5) is 16.9. The van der Waals surface area contributed by atoms with Crippen LogP contribution in [0.5, 0.6) is 0 Å². The number of hydrogen-bond donors (Lipinski definition) is 1. The van der Waals surface area contributed by atoms with E-state index in [4.69, 9.17) is 16.3 Å². The normalized spacial score (nSPS) is 26.4. The Morgan fingerprint density at radius 1 is 1.29 bits per heavy atom. The highest BCUT2D eigenvalue weighted by Crippen LogP contribution is 2.45. The number of carbonyl (C=O) groups is 1. The van der Waals surface area contributed by atoms with Gasteiger partial charge in [0.1, 0.15) is 6.17 Å². The Hall–Kier alpha value is -1.82. The first kappa shape index (κ1) is 19.5. The molecule has 6 heteroatoms. The minimum absolute atomic E-state index is 0.0354. The number of halogens is 1. The Balaban J connectivity index is 1.75. The van der Waals surface area contributed by atoms with Crippen molar-refractivity contribution >= 4 is 17.6 Å². The summed E-state index contributed by atoms with van der Waals surface area (Å²) in [5.41, 5.74) is 3.47. The van der Waals surface area contributed by atoms with Gasteiger partial charge in [0.25, 0.3) is 0 Å². The van der Waals surface area contributed by atoms with Gasteiger partial charge >= 0.3 is 5.97 Å². The molecule has 0 spiro atoms. The minimum atomic E-state index is -0.828. The van der Waals surface area contributed by atoms with E-state index in [0.29, 0.717) is 36.3 Å². The molecule has 1 aliphatic carbocycles. The van der Waals surface area contributed by atoms with Crippen LogP contribution in [-0.4, -0.2) is 52.8 Å². The monoisotopic (exact) mass is 402 g/mol. The highest BCUT2D eigenvalue weighted by molar-refractivity contribution is 6.30. The largest absolute Gasteiger partial charge is 0.478 e. The average Bonchev–Trinajstić information content (AvgIpc) is 3.49. The Bertz CT molecular complexity index is 814. The van der Waals surface area contributed by atoms with E-state index in [1.807, 2.05) is 31.2 Å². The summed E-state index contributed by atoms with van der Waals surface area (Å²) >= 11 is 6.06. The molecular formula is C22H27ClN2O3. The Kier molecular flexibility index (Phi) is 5.50. The lowest BCUT2D eigenvalue weighted by molar-refractivity contribution is -0.132. The van der Waals surface area contributed by atoms with Crippen LogP contribution >= 0.6 is 11.6 Å². The standard InChI is InChI=1S/C22H27ClN2O3/c1-14-11-19(24-9-10-28-13-15(24)2)25(12-16-3-7-18(23)8-4-16)21(17-5-6-17)20(14)22(26)27/h3-4,7-8,11,15,17,19H,5-6,9-10,12-13H2,1-2H3,(H,26,27)/t15-,19?/m1/s1. The van der Waals surface area contributed by atoms with E-state index in [1.165, 1.54) is 0 Å². The predicted molar refractivity (Wildman–Crippen MR) is 109 cm³/mol. The van der Waals surface area contributed by atoms with Crippen molar-refractivity contribution in [1.29, 1.82) is 0 Å². The number of allylic oxidation sites excluding steroid dienone is 1. The van der Waals surface area contributed by atoms with E-state index < -0.39 is 5.97 Å². The van der Waals surface area contributed by atoms with Crippen molar-refractivity contribution in [1.82, 2.24) is 9.80 Å². The number of aliphatic carboxylic acids is 1. The summed E-state index contributed by atoms with van der Waals surface area (Å²) in [5.74, 6) is -0.494. The molecule has 2 heterocycles. The predicted octanol–water partition coefficient (Wildman–Crippen LogP) is 3.90. The zero-order valence-corrected chi connectivity index (χ0v) is 17.2. The lowest BCUT2D eigenvalue weighted by Gasteiger charge is -2.47. The maximum atomic E-state index is 12.1. The maximum absolute atomic E-state index is 12.1. The molecule has 150 valence electrons. The molecule has 0 radical (unpaired) electrons. The number of ether oxygens (including phenoxy) is 1. The third kappa shape index (κ3) is 3.84. The van der Waals surface area contributed by atoms with Crippen LogP contribution in [0.25, 0.3) is 0 Å². The van der Waals surface area contributed by atoms with Crippen molar-refractivity contribution in [3.05, 3.63) is 57.8 Å². The number of carboxylic acid groups (broad SMARTS) is 1. The van der Waals surface area contributed by atoms with E-state index >= 15 is 0 Å². The molecule has 1 saturated heterocycles. The van der Waals surface area contributed by atoms with Crippen molar-refractivity contribution in [3.63, 3.8) is 0 Å². The quantitative estimate of drug-likeness (QED) is 0.809. The van der Waals surface area contributed by atoms with Crippen LogP contribution in [-0.2, 0) is 16.1 Å². The van der Waals surface area contributed by atoms with Gasteiger partial charge < -0.3 is 14.7 Å². The third-order valence-corrected chi connectivity index (χ3v) is 6.13. The fraction of sp³-hybridized carbons (Fsp3) is 0.500. The maximum Gasteiger partial charge on any atom is 0.337 e. The average molecular weight is 403 g/mol. The van der Waals surface area contributed by atoms with E-state index in [1.54, 1.807) is 0 Å². The molecule has 1 aromatic carbocycles. The van der Waals surface area contributed by atoms with Crippen LogP contribution in [0, 0.1) is 5.92 Å². The fourth-order valence-electron chi connectivity index (χ4n) is 4.33. The van der Waals surface area contributed by atoms with Crippen LogP contribution in [0.3, 0.4) is 0 Å². The molecule has 0 aromatic heterocycles. The molecule has 1 unspecified atom stereocenters. The second-order valence-corrected chi connectivity index (χ2v) is 8.46. The summed E-state index contributed by atoms with van der Waals surface area (Å²) < 4.78 is 5.64. The van der Waals surface area contributed by atoms with Crippen molar-refractivity contribution < 1.29 is 14.6 Å². The van der Waals surface area contributed by atoms with E-state index in [-0.39, 0.29) is 12.2 Å². The first-order chi connectivity index (χ1) is 13.5. The Morgan fingerprint density at radius 2 is 2.00 bits per heavy atom. The summed E-state index contributed by atoms with van der Waals surface area (Å²) in [6, 6.07) is 8.12.